The molecule has 1 unspecified atom stereocenters. The standard InChI is InChI=1S/C14H14OS2/c1-11-8-9-14(12(2)10-11)17(15)16-13-6-4-3-5-7-13/h3-10H,1-2H3. The average Bonchev–Trinajstić information content (AvgIpc) is 2.30. The molecule has 88 valence electrons. The minimum absolute atomic E-state index is 0.907. The molecule has 0 saturated heterocycles. The Hall–Kier alpha value is -1.06. The Morgan fingerprint density at radius 1 is 1.00 bits per heavy atom. The Morgan fingerprint density at radius 2 is 1.71 bits per heavy atom. The number of rotatable bonds is 3. The van der Waals surface area contributed by atoms with Crippen LogP contribution in [-0.2, 0) is 9.83 Å². The van der Waals surface area contributed by atoms with Gasteiger partial charge in [0.25, 0.3) is 0 Å². The third kappa shape index (κ3) is 3.20. The molecule has 2 aromatic carbocycles. The summed E-state index contributed by atoms with van der Waals surface area (Å²) < 4.78 is 12.2. The van der Waals surface area contributed by atoms with Crippen LogP contribution in [0.1, 0.15) is 11.1 Å². The van der Waals surface area contributed by atoms with Gasteiger partial charge in [0, 0.05) is 4.90 Å². The van der Waals surface area contributed by atoms with Gasteiger partial charge in [-0.1, -0.05) is 35.9 Å². The summed E-state index contributed by atoms with van der Waals surface area (Å²) in [7, 11) is 0.351. The fraction of sp³-hybridized carbons (Fsp3) is 0.143. The van der Waals surface area contributed by atoms with Gasteiger partial charge < -0.3 is 0 Å². The van der Waals surface area contributed by atoms with E-state index in [1.54, 1.807) is 0 Å². The molecule has 0 spiro atoms. The second-order valence-electron chi connectivity index (χ2n) is 3.90. The van der Waals surface area contributed by atoms with E-state index in [0.717, 1.165) is 15.4 Å². The quantitative estimate of drug-likeness (QED) is 0.774. The van der Waals surface area contributed by atoms with E-state index >= 15 is 0 Å². The maximum atomic E-state index is 12.2. The normalized spacial score (nSPS) is 12.4. The molecular weight excluding hydrogens is 248 g/mol. The van der Waals surface area contributed by atoms with E-state index in [2.05, 4.69) is 6.07 Å². The van der Waals surface area contributed by atoms with Crippen molar-refractivity contribution in [3.63, 3.8) is 0 Å². The summed E-state index contributed by atoms with van der Waals surface area (Å²) in [6, 6.07) is 15.9. The lowest BCUT2D eigenvalue weighted by Gasteiger charge is -2.06. The molecule has 17 heavy (non-hydrogen) atoms. The highest BCUT2D eigenvalue weighted by molar-refractivity contribution is 8.69. The largest absolute Gasteiger partial charge is 0.242 e. The minimum Gasteiger partial charge on any atom is -0.242 e. The zero-order valence-electron chi connectivity index (χ0n) is 9.84. The van der Waals surface area contributed by atoms with Crippen LogP contribution in [0, 0.1) is 13.8 Å². The van der Waals surface area contributed by atoms with Crippen LogP contribution in [0.15, 0.2) is 58.3 Å². The second-order valence-corrected chi connectivity index (χ2v) is 6.86. The van der Waals surface area contributed by atoms with E-state index in [1.165, 1.54) is 16.4 Å². The molecule has 2 rings (SSSR count). The van der Waals surface area contributed by atoms with Crippen LogP contribution in [0.3, 0.4) is 0 Å². The Balaban J connectivity index is 2.21. The van der Waals surface area contributed by atoms with Gasteiger partial charge in [0.1, 0.15) is 9.83 Å². The molecule has 0 heterocycles. The molecule has 0 aliphatic rings. The predicted molar refractivity (Wildman–Crippen MR) is 74.6 cm³/mol. The fourth-order valence-corrected chi connectivity index (χ4v) is 4.32. The van der Waals surface area contributed by atoms with Gasteiger partial charge in [0.15, 0.2) is 0 Å². The smallest absolute Gasteiger partial charge is 0.118 e. The topological polar surface area (TPSA) is 17.1 Å². The summed E-state index contributed by atoms with van der Waals surface area (Å²) in [5.74, 6) is 0. The van der Waals surface area contributed by atoms with Gasteiger partial charge in [0.05, 0.1) is 4.90 Å². The minimum atomic E-state index is -1.04. The first kappa shape index (κ1) is 12.4. The molecule has 0 N–H and O–H groups in total. The highest BCUT2D eigenvalue weighted by atomic mass is 33.1. The lowest BCUT2D eigenvalue weighted by Crippen LogP contribution is -1.90. The van der Waals surface area contributed by atoms with Crippen LogP contribution < -0.4 is 0 Å². The van der Waals surface area contributed by atoms with Crippen molar-refractivity contribution in [3.8, 4) is 0 Å². The van der Waals surface area contributed by atoms with Crippen molar-refractivity contribution in [1.82, 2.24) is 0 Å². The molecule has 3 heteroatoms. The van der Waals surface area contributed by atoms with Gasteiger partial charge in [-0.05, 0) is 48.4 Å². The van der Waals surface area contributed by atoms with E-state index in [0.29, 0.717) is 0 Å². The SMILES string of the molecule is Cc1ccc(S(=O)Sc2ccccc2)c(C)c1. The van der Waals surface area contributed by atoms with E-state index in [1.807, 2.05) is 56.3 Å². The van der Waals surface area contributed by atoms with Crippen molar-refractivity contribution in [3.05, 3.63) is 59.7 Å². The number of benzene rings is 2. The Labute approximate surface area is 108 Å². The summed E-state index contributed by atoms with van der Waals surface area (Å²) in [6.07, 6.45) is 0. The first-order chi connectivity index (χ1) is 8.16. The van der Waals surface area contributed by atoms with Crippen molar-refractivity contribution >= 4 is 20.6 Å². The van der Waals surface area contributed by atoms with Gasteiger partial charge in [-0.15, -0.1) is 0 Å². The maximum Gasteiger partial charge on any atom is 0.118 e. The third-order valence-corrected chi connectivity index (χ3v) is 5.43. The molecule has 0 radical (unpaired) electrons. The lowest BCUT2D eigenvalue weighted by molar-refractivity contribution is 0.691. The molecule has 0 saturated carbocycles. The van der Waals surface area contributed by atoms with E-state index in [-0.39, 0.29) is 0 Å². The van der Waals surface area contributed by atoms with E-state index in [4.69, 9.17) is 0 Å². The molecule has 1 nitrogen and oxygen atoms in total. The molecule has 0 aliphatic heterocycles. The zero-order valence-corrected chi connectivity index (χ0v) is 11.5. The van der Waals surface area contributed by atoms with Crippen molar-refractivity contribution < 1.29 is 4.21 Å². The van der Waals surface area contributed by atoms with Crippen molar-refractivity contribution in [2.45, 2.75) is 23.6 Å². The van der Waals surface area contributed by atoms with Crippen LogP contribution in [0.25, 0.3) is 0 Å². The summed E-state index contributed by atoms with van der Waals surface area (Å²) in [6.45, 7) is 4.05. The number of aryl methyl sites for hydroxylation is 2. The highest BCUT2D eigenvalue weighted by Crippen LogP contribution is 2.28. The maximum absolute atomic E-state index is 12.2. The first-order valence-electron chi connectivity index (χ1n) is 5.39. The van der Waals surface area contributed by atoms with E-state index < -0.39 is 9.83 Å². The molecule has 0 fully saturated rings. The summed E-state index contributed by atoms with van der Waals surface area (Å²) in [4.78, 5) is 1.94. The molecule has 0 aliphatic carbocycles. The molecule has 0 aromatic heterocycles. The molecule has 1 atom stereocenters. The van der Waals surface area contributed by atoms with Crippen molar-refractivity contribution in [2.24, 2.45) is 0 Å². The van der Waals surface area contributed by atoms with Gasteiger partial charge >= 0.3 is 0 Å². The second kappa shape index (κ2) is 5.52. The number of hydrogen-bond donors (Lipinski definition) is 0. The monoisotopic (exact) mass is 262 g/mol. The zero-order chi connectivity index (χ0) is 12.3. The summed E-state index contributed by atoms with van der Waals surface area (Å²) >= 11 is 0. The Morgan fingerprint density at radius 3 is 2.35 bits per heavy atom. The summed E-state index contributed by atoms with van der Waals surface area (Å²) in [5, 5.41) is 0. The average molecular weight is 262 g/mol. The van der Waals surface area contributed by atoms with E-state index in [9.17, 15) is 4.21 Å². The molecule has 0 bridgehead atoms. The van der Waals surface area contributed by atoms with Crippen LogP contribution in [-0.4, -0.2) is 4.21 Å². The lowest BCUT2D eigenvalue weighted by atomic mass is 10.2. The fourth-order valence-electron chi connectivity index (χ4n) is 1.59. The van der Waals surface area contributed by atoms with Crippen LogP contribution in [0.4, 0.5) is 0 Å². The first-order valence-corrected chi connectivity index (χ1v) is 7.87. The van der Waals surface area contributed by atoms with Gasteiger partial charge in [-0.25, -0.2) is 4.21 Å². The Bertz CT molecular complexity index is 535. The van der Waals surface area contributed by atoms with Crippen molar-refractivity contribution in [1.29, 1.82) is 0 Å². The summed E-state index contributed by atoms with van der Waals surface area (Å²) in [5.41, 5.74) is 2.29. The molecular formula is C14H14OS2. The van der Waals surface area contributed by atoms with Gasteiger partial charge in [-0.2, -0.15) is 0 Å². The van der Waals surface area contributed by atoms with Gasteiger partial charge in [0.2, 0.25) is 0 Å². The predicted octanol–water partition coefficient (Wildman–Crippen LogP) is 4.12. The van der Waals surface area contributed by atoms with Crippen LogP contribution >= 0.6 is 10.8 Å². The molecule has 0 amide bonds. The van der Waals surface area contributed by atoms with Crippen LogP contribution in [0.5, 0.6) is 0 Å². The molecule has 2 aromatic rings. The number of hydrogen-bond acceptors (Lipinski definition) is 2. The van der Waals surface area contributed by atoms with Gasteiger partial charge in [-0.3, -0.25) is 0 Å². The van der Waals surface area contributed by atoms with Crippen molar-refractivity contribution in [2.75, 3.05) is 0 Å². The van der Waals surface area contributed by atoms with Crippen LogP contribution in [0.2, 0.25) is 0 Å². The highest BCUT2D eigenvalue weighted by Gasteiger charge is 2.08. The third-order valence-electron chi connectivity index (χ3n) is 2.43. The Kier molecular flexibility index (Phi) is 4.02.